The summed E-state index contributed by atoms with van der Waals surface area (Å²) in [5.74, 6) is 1.61. The minimum Gasteiger partial charge on any atom is -0.492 e. The number of aromatic nitrogens is 2. The molecule has 0 amide bonds. The fraction of sp³-hybridized carbons (Fsp3) is 0.520. The molecule has 0 spiro atoms. The van der Waals surface area contributed by atoms with E-state index in [9.17, 15) is 0 Å². The number of hydrogen-bond acceptors (Lipinski definition) is 8. The molecule has 1 aliphatic rings. The molecule has 1 aliphatic heterocycles. The number of pyridine rings is 1. The molecule has 3 heterocycles. The predicted molar refractivity (Wildman–Crippen MR) is 135 cm³/mol. The second-order valence-electron chi connectivity index (χ2n) is 9.54. The molecule has 3 aromatic rings. The van der Waals surface area contributed by atoms with Crippen LogP contribution in [0.25, 0.3) is 22.3 Å². The Morgan fingerprint density at radius 3 is 2.64 bits per heavy atom. The fourth-order valence-electron chi connectivity index (χ4n) is 3.63. The van der Waals surface area contributed by atoms with Gasteiger partial charge in [0, 0.05) is 48.6 Å². The van der Waals surface area contributed by atoms with Crippen molar-refractivity contribution in [3.05, 3.63) is 29.6 Å². The first-order valence-electron chi connectivity index (χ1n) is 11.6. The number of rotatable bonds is 8. The Morgan fingerprint density at radius 1 is 1.12 bits per heavy atom. The Hall–Kier alpha value is -2.42. The zero-order chi connectivity index (χ0) is 23.4. The van der Waals surface area contributed by atoms with Crippen molar-refractivity contribution in [3.63, 3.8) is 0 Å². The molecular weight excluding hydrogens is 436 g/mol. The van der Waals surface area contributed by atoms with E-state index in [0.29, 0.717) is 12.6 Å². The molecule has 0 atom stereocenters. The van der Waals surface area contributed by atoms with Crippen LogP contribution in [0.1, 0.15) is 34.6 Å². The van der Waals surface area contributed by atoms with E-state index in [1.165, 1.54) is 0 Å². The minimum atomic E-state index is -0.328. The first-order chi connectivity index (χ1) is 15.8. The number of anilines is 1. The second-order valence-corrected chi connectivity index (χ2v) is 10.4. The summed E-state index contributed by atoms with van der Waals surface area (Å²) in [7, 11) is 0. The Kier molecular flexibility index (Phi) is 7.36. The summed E-state index contributed by atoms with van der Waals surface area (Å²) in [5.41, 5.74) is 2.13. The summed E-state index contributed by atoms with van der Waals surface area (Å²) in [4.78, 5) is 12.0. The van der Waals surface area contributed by atoms with Crippen LogP contribution >= 0.6 is 11.3 Å². The Labute approximate surface area is 200 Å². The summed E-state index contributed by atoms with van der Waals surface area (Å²) in [6.45, 7) is 15.4. The molecule has 1 aromatic carbocycles. The highest BCUT2D eigenvalue weighted by Gasteiger charge is 2.18. The molecule has 0 aliphatic carbocycles. The molecule has 7 nitrogen and oxygen atoms in total. The topological polar surface area (TPSA) is 68.7 Å². The van der Waals surface area contributed by atoms with Gasteiger partial charge in [0.15, 0.2) is 5.13 Å². The molecule has 1 N–H and O–H groups in total. The van der Waals surface area contributed by atoms with Crippen molar-refractivity contribution in [2.45, 2.75) is 46.3 Å². The van der Waals surface area contributed by atoms with Crippen LogP contribution in [0.3, 0.4) is 0 Å². The molecule has 1 saturated heterocycles. The van der Waals surface area contributed by atoms with E-state index in [4.69, 9.17) is 24.2 Å². The van der Waals surface area contributed by atoms with Crippen molar-refractivity contribution < 1.29 is 14.2 Å². The van der Waals surface area contributed by atoms with Crippen LogP contribution in [-0.2, 0) is 4.74 Å². The van der Waals surface area contributed by atoms with Crippen LogP contribution in [0.5, 0.6) is 11.5 Å². The zero-order valence-electron chi connectivity index (χ0n) is 20.2. The van der Waals surface area contributed by atoms with Crippen molar-refractivity contribution >= 4 is 27.4 Å². The van der Waals surface area contributed by atoms with Gasteiger partial charge in [-0.25, -0.2) is 9.97 Å². The molecule has 1 fully saturated rings. The van der Waals surface area contributed by atoms with Gasteiger partial charge in [0.2, 0.25) is 0 Å². The van der Waals surface area contributed by atoms with Gasteiger partial charge in [0.25, 0.3) is 0 Å². The van der Waals surface area contributed by atoms with Gasteiger partial charge in [-0.05, 0) is 46.8 Å². The van der Waals surface area contributed by atoms with E-state index < -0.39 is 0 Å². The molecule has 2 aromatic heterocycles. The van der Waals surface area contributed by atoms with Crippen LogP contribution in [0.2, 0.25) is 0 Å². The quantitative estimate of drug-likeness (QED) is 0.493. The number of fused-ring (bicyclic) bond motifs is 1. The molecular formula is C25H34N4O3S. The van der Waals surface area contributed by atoms with Crippen molar-refractivity contribution in [2.24, 2.45) is 0 Å². The third-order valence-electron chi connectivity index (χ3n) is 5.12. The first-order valence-corrected chi connectivity index (χ1v) is 12.4. The molecule has 8 heteroatoms. The normalized spacial score (nSPS) is 15.2. The first kappa shape index (κ1) is 23.7. The number of morpholine rings is 1. The highest BCUT2D eigenvalue weighted by atomic mass is 32.1. The standard InChI is InChI=1S/C25H34N4O3S/c1-17(2)26-24-28-22(16-33-24)21-15-23(32-25(3,4)5)19-7-6-18(14-20(19)27-21)31-13-10-29-8-11-30-12-9-29/h6-7,14-17H,8-13H2,1-5H3,(H,26,28). The summed E-state index contributed by atoms with van der Waals surface area (Å²) >= 11 is 1.58. The smallest absolute Gasteiger partial charge is 0.183 e. The molecule has 33 heavy (non-hydrogen) atoms. The maximum atomic E-state index is 6.31. The summed E-state index contributed by atoms with van der Waals surface area (Å²) in [6, 6.07) is 8.33. The lowest BCUT2D eigenvalue weighted by Crippen LogP contribution is -2.38. The number of ether oxygens (including phenoxy) is 3. The highest BCUT2D eigenvalue weighted by Crippen LogP contribution is 2.35. The van der Waals surface area contributed by atoms with Crippen molar-refractivity contribution in [1.29, 1.82) is 0 Å². The van der Waals surface area contributed by atoms with Gasteiger partial charge in [0.05, 0.1) is 24.4 Å². The van der Waals surface area contributed by atoms with E-state index >= 15 is 0 Å². The van der Waals surface area contributed by atoms with Gasteiger partial charge in [-0.1, -0.05) is 0 Å². The van der Waals surface area contributed by atoms with Crippen LogP contribution in [0, 0.1) is 0 Å². The number of hydrogen-bond donors (Lipinski definition) is 1. The Morgan fingerprint density at radius 2 is 1.91 bits per heavy atom. The lowest BCUT2D eigenvalue weighted by molar-refractivity contribution is 0.0322. The number of nitrogens with one attached hydrogen (secondary N) is 1. The zero-order valence-corrected chi connectivity index (χ0v) is 21.0. The molecule has 0 saturated carbocycles. The van der Waals surface area contributed by atoms with Crippen LogP contribution in [-0.4, -0.2) is 66.0 Å². The van der Waals surface area contributed by atoms with E-state index in [-0.39, 0.29) is 5.60 Å². The molecule has 0 unspecified atom stereocenters. The second kappa shape index (κ2) is 10.2. The van der Waals surface area contributed by atoms with E-state index in [0.717, 1.165) is 71.8 Å². The van der Waals surface area contributed by atoms with Crippen LogP contribution < -0.4 is 14.8 Å². The Bertz CT molecular complexity index is 1070. The van der Waals surface area contributed by atoms with Crippen molar-refractivity contribution in [3.8, 4) is 22.9 Å². The van der Waals surface area contributed by atoms with Crippen LogP contribution in [0.4, 0.5) is 5.13 Å². The van der Waals surface area contributed by atoms with Gasteiger partial charge in [-0.3, -0.25) is 4.90 Å². The van der Waals surface area contributed by atoms with Crippen molar-refractivity contribution in [2.75, 3.05) is 44.8 Å². The summed E-state index contributed by atoms with van der Waals surface area (Å²) < 4.78 is 17.8. The predicted octanol–water partition coefficient (Wildman–Crippen LogP) is 5.07. The lowest BCUT2D eigenvalue weighted by Gasteiger charge is -2.26. The van der Waals surface area contributed by atoms with E-state index in [2.05, 4.69) is 44.8 Å². The minimum absolute atomic E-state index is 0.325. The maximum Gasteiger partial charge on any atom is 0.183 e. The third-order valence-corrected chi connectivity index (χ3v) is 5.89. The number of nitrogens with zero attached hydrogens (tertiary/aromatic N) is 3. The monoisotopic (exact) mass is 470 g/mol. The van der Waals surface area contributed by atoms with E-state index in [1.807, 2.05) is 29.6 Å². The van der Waals surface area contributed by atoms with Gasteiger partial charge >= 0.3 is 0 Å². The Balaban J connectivity index is 1.60. The summed E-state index contributed by atoms with van der Waals surface area (Å²) in [5, 5.41) is 7.24. The van der Waals surface area contributed by atoms with Gasteiger partial charge < -0.3 is 19.5 Å². The average Bonchev–Trinajstić information content (AvgIpc) is 3.21. The van der Waals surface area contributed by atoms with Crippen molar-refractivity contribution in [1.82, 2.24) is 14.9 Å². The SMILES string of the molecule is CC(C)Nc1nc(-c2cc(OC(C)(C)C)c3ccc(OCCN4CCOCC4)cc3n2)cs1. The van der Waals surface area contributed by atoms with Crippen LogP contribution in [0.15, 0.2) is 29.6 Å². The van der Waals surface area contributed by atoms with Gasteiger partial charge in [-0.2, -0.15) is 0 Å². The largest absolute Gasteiger partial charge is 0.492 e. The molecule has 178 valence electrons. The number of thiazole rings is 1. The number of benzene rings is 1. The molecule has 0 bridgehead atoms. The van der Waals surface area contributed by atoms with E-state index in [1.54, 1.807) is 11.3 Å². The lowest BCUT2D eigenvalue weighted by atomic mass is 10.1. The maximum absolute atomic E-state index is 6.31. The average molecular weight is 471 g/mol. The molecule has 0 radical (unpaired) electrons. The van der Waals surface area contributed by atoms with Gasteiger partial charge in [0.1, 0.15) is 29.4 Å². The molecule has 4 rings (SSSR count). The summed E-state index contributed by atoms with van der Waals surface area (Å²) in [6.07, 6.45) is 0. The third kappa shape index (κ3) is 6.56. The highest BCUT2D eigenvalue weighted by molar-refractivity contribution is 7.14. The fourth-order valence-corrected chi connectivity index (χ4v) is 4.49. The van der Waals surface area contributed by atoms with Gasteiger partial charge in [-0.15, -0.1) is 11.3 Å².